The molecule has 0 saturated carbocycles. The zero-order valence-electron chi connectivity index (χ0n) is 10.7. The second kappa shape index (κ2) is 7.90. The van der Waals surface area contributed by atoms with Crippen LogP contribution in [0.15, 0.2) is 30.3 Å². The number of ether oxygens (including phenoxy) is 1. The molecule has 0 aliphatic rings. The molecule has 0 heterocycles. The van der Waals surface area contributed by atoms with E-state index in [1.807, 2.05) is 30.3 Å². The number of hydrogen-bond donors (Lipinski definition) is 3. The first kappa shape index (κ1) is 15.6. The van der Waals surface area contributed by atoms with Gasteiger partial charge in [-0.1, -0.05) is 30.3 Å². The Hall–Kier alpha value is -2.41. The number of carbonyl (C=O) groups is 3. The molecule has 0 saturated heterocycles. The molecule has 20 heavy (non-hydrogen) atoms. The maximum absolute atomic E-state index is 11.5. The molecule has 0 radical (unpaired) electrons. The largest absolute Gasteiger partial charge is 0.480 e. The van der Waals surface area contributed by atoms with Crippen molar-refractivity contribution < 1.29 is 24.2 Å². The highest BCUT2D eigenvalue weighted by atomic mass is 16.5. The van der Waals surface area contributed by atoms with Crippen LogP contribution in [0, 0.1) is 0 Å². The molecule has 0 aromatic heterocycles. The molecule has 2 amide bonds. The van der Waals surface area contributed by atoms with Crippen LogP contribution in [0.2, 0.25) is 0 Å². The van der Waals surface area contributed by atoms with Gasteiger partial charge in [-0.15, -0.1) is 0 Å². The number of carboxylic acid groups (broad SMARTS) is 1. The summed E-state index contributed by atoms with van der Waals surface area (Å²) in [5.74, 6) is -2.74. The zero-order chi connectivity index (χ0) is 15.0. The molecular weight excluding hydrogens is 264 g/mol. The Morgan fingerprint density at radius 3 is 2.45 bits per heavy atom. The fourth-order valence-corrected chi connectivity index (χ4v) is 1.47. The van der Waals surface area contributed by atoms with E-state index < -0.39 is 30.2 Å². The van der Waals surface area contributed by atoms with E-state index in [9.17, 15) is 14.4 Å². The Morgan fingerprint density at radius 1 is 1.25 bits per heavy atom. The van der Waals surface area contributed by atoms with Crippen molar-refractivity contribution in [1.29, 1.82) is 0 Å². The van der Waals surface area contributed by atoms with E-state index in [4.69, 9.17) is 15.6 Å². The number of rotatable bonds is 8. The van der Waals surface area contributed by atoms with Gasteiger partial charge in [-0.25, -0.2) is 4.79 Å². The Morgan fingerprint density at radius 2 is 1.90 bits per heavy atom. The van der Waals surface area contributed by atoms with Gasteiger partial charge in [0.2, 0.25) is 11.8 Å². The normalized spacial score (nSPS) is 11.6. The van der Waals surface area contributed by atoms with Gasteiger partial charge in [0.05, 0.1) is 13.0 Å². The van der Waals surface area contributed by atoms with Crippen LogP contribution < -0.4 is 11.1 Å². The van der Waals surface area contributed by atoms with E-state index in [1.54, 1.807) is 0 Å². The summed E-state index contributed by atoms with van der Waals surface area (Å²) in [7, 11) is 0. The molecule has 108 valence electrons. The van der Waals surface area contributed by atoms with Gasteiger partial charge >= 0.3 is 5.97 Å². The Kier molecular flexibility index (Phi) is 6.18. The summed E-state index contributed by atoms with van der Waals surface area (Å²) >= 11 is 0. The third-order valence-electron chi connectivity index (χ3n) is 2.38. The number of nitrogens with one attached hydrogen (secondary N) is 1. The molecule has 0 spiro atoms. The lowest BCUT2D eigenvalue weighted by Crippen LogP contribution is -2.44. The Bertz CT molecular complexity index is 475. The number of aliphatic carboxylic acids is 1. The van der Waals surface area contributed by atoms with Crippen LogP contribution in [0.3, 0.4) is 0 Å². The van der Waals surface area contributed by atoms with E-state index in [1.165, 1.54) is 0 Å². The minimum Gasteiger partial charge on any atom is -0.480 e. The number of primary amides is 1. The van der Waals surface area contributed by atoms with Gasteiger partial charge in [-0.3, -0.25) is 9.59 Å². The van der Waals surface area contributed by atoms with Crippen LogP contribution in [0.4, 0.5) is 0 Å². The predicted octanol–water partition coefficient (Wildman–Crippen LogP) is -0.352. The zero-order valence-corrected chi connectivity index (χ0v) is 10.7. The Labute approximate surface area is 115 Å². The molecule has 1 unspecified atom stereocenters. The first-order chi connectivity index (χ1) is 9.49. The lowest BCUT2D eigenvalue weighted by molar-refractivity contribution is -0.144. The van der Waals surface area contributed by atoms with Gasteiger partial charge in [0.15, 0.2) is 0 Å². The first-order valence-electron chi connectivity index (χ1n) is 5.91. The number of amides is 2. The van der Waals surface area contributed by atoms with Gasteiger partial charge in [-0.05, 0) is 5.56 Å². The molecule has 0 aliphatic carbocycles. The van der Waals surface area contributed by atoms with Gasteiger partial charge in [0.25, 0.3) is 0 Å². The average molecular weight is 280 g/mol. The molecule has 0 fully saturated rings. The summed E-state index contributed by atoms with van der Waals surface area (Å²) in [5, 5.41) is 11.0. The summed E-state index contributed by atoms with van der Waals surface area (Å²) in [5.41, 5.74) is 5.79. The molecular formula is C13H16N2O5. The maximum atomic E-state index is 11.5. The predicted molar refractivity (Wildman–Crippen MR) is 69.5 cm³/mol. The van der Waals surface area contributed by atoms with Crippen LogP contribution in [-0.2, 0) is 25.7 Å². The molecule has 4 N–H and O–H groups in total. The number of carboxylic acids is 1. The van der Waals surface area contributed by atoms with Crippen molar-refractivity contribution >= 4 is 17.8 Å². The molecule has 0 aliphatic heterocycles. The fourth-order valence-electron chi connectivity index (χ4n) is 1.47. The van der Waals surface area contributed by atoms with Crippen molar-refractivity contribution in [2.75, 3.05) is 6.61 Å². The number of benzene rings is 1. The molecule has 1 rings (SSSR count). The highest BCUT2D eigenvalue weighted by Crippen LogP contribution is 2.00. The fraction of sp³-hybridized carbons (Fsp3) is 0.308. The van der Waals surface area contributed by atoms with Crippen LogP contribution in [0.5, 0.6) is 0 Å². The highest BCUT2D eigenvalue weighted by molar-refractivity contribution is 5.88. The first-order valence-corrected chi connectivity index (χ1v) is 5.91. The summed E-state index contributed by atoms with van der Waals surface area (Å²) in [6.07, 6.45) is -0.459. The van der Waals surface area contributed by atoms with Crippen molar-refractivity contribution in [2.24, 2.45) is 5.73 Å². The topological polar surface area (TPSA) is 119 Å². The minimum atomic E-state index is -1.33. The molecule has 7 nitrogen and oxygen atoms in total. The monoisotopic (exact) mass is 280 g/mol. The number of nitrogens with two attached hydrogens (primary N) is 1. The van der Waals surface area contributed by atoms with E-state index in [0.29, 0.717) is 0 Å². The quantitative estimate of drug-likeness (QED) is 0.601. The van der Waals surface area contributed by atoms with E-state index in [-0.39, 0.29) is 13.2 Å². The Balaban J connectivity index is 2.35. The van der Waals surface area contributed by atoms with Crippen LogP contribution in [0.25, 0.3) is 0 Å². The average Bonchev–Trinajstić information content (AvgIpc) is 2.38. The molecule has 1 atom stereocenters. The van der Waals surface area contributed by atoms with Crippen LogP contribution in [-0.4, -0.2) is 35.5 Å². The third-order valence-corrected chi connectivity index (χ3v) is 2.38. The van der Waals surface area contributed by atoms with Crippen molar-refractivity contribution in [2.45, 2.75) is 19.1 Å². The van der Waals surface area contributed by atoms with E-state index in [2.05, 4.69) is 5.32 Å². The summed E-state index contributed by atoms with van der Waals surface area (Å²) in [4.78, 5) is 33.0. The van der Waals surface area contributed by atoms with E-state index in [0.717, 1.165) is 5.56 Å². The van der Waals surface area contributed by atoms with Gasteiger partial charge < -0.3 is 20.9 Å². The molecule has 0 bridgehead atoms. The molecule has 1 aromatic carbocycles. The highest BCUT2D eigenvalue weighted by Gasteiger charge is 2.21. The molecule has 1 aromatic rings. The van der Waals surface area contributed by atoms with Crippen molar-refractivity contribution in [3.8, 4) is 0 Å². The second-order valence-electron chi connectivity index (χ2n) is 4.11. The van der Waals surface area contributed by atoms with Gasteiger partial charge in [-0.2, -0.15) is 0 Å². The second-order valence-corrected chi connectivity index (χ2v) is 4.11. The summed E-state index contributed by atoms with van der Waals surface area (Å²) < 4.78 is 5.15. The number of carbonyl (C=O) groups excluding carboxylic acids is 2. The third kappa shape index (κ3) is 5.96. The summed E-state index contributed by atoms with van der Waals surface area (Å²) in [6.45, 7) is -0.0563. The van der Waals surface area contributed by atoms with E-state index >= 15 is 0 Å². The van der Waals surface area contributed by atoms with Crippen molar-refractivity contribution in [1.82, 2.24) is 5.32 Å². The standard InChI is InChI=1S/C13H16N2O5/c14-11(16)6-10(13(18)19)15-12(17)8-20-7-9-4-2-1-3-5-9/h1-5,10H,6-8H2,(H2,14,16)(H,15,17)(H,18,19). The lowest BCUT2D eigenvalue weighted by atomic mass is 10.2. The van der Waals surface area contributed by atoms with Crippen molar-refractivity contribution in [3.63, 3.8) is 0 Å². The van der Waals surface area contributed by atoms with Crippen LogP contribution in [0.1, 0.15) is 12.0 Å². The minimum absolute atomic E-state index is 0.238. The summed E-state index contributed by atoms with van der Waals surface area (Å²) in [6, 6.07) is 7.88. The maximum Gasteiger partial charge on any atom is 0.326 e. The molecule has 7 heteroatoms. The van der Waals surface area contributed by atoms with Gasteiger partial charge in [0.1, 0.15) is 12.6 Å². The van der Waals surface area contributed by atoms with Gasteiger partial charge in [0, 0.05) is 0 Å². The van der Waals surface area contributed by atoms with Crippen molar-refractivity contribution in [3.05, 3.63) is 35.9 Å². The smallest absolute Gasteiger partial charge is 0.326 e. The lowest BCUT2D eigenvalue weighted by Gasteiger charge is -2.12. The number of hydrogen-bond acceptors (Lipinski definition) is 4. The SMILES string of the molecule is NC(=O)CC(NC(=O)COCc1ccccc1)C(=O)O. The van der Waals surface area contributed by atoms with Crippen LogP contribution >= 0.6 is 0 Å².